The number of hydrogen-bond donors (Lipinski definition) is 2. The molecule has 0 aliphatic carbocycles. The topological polar surface area (TPSA) is 70.7 Å². The van der Waals surface area contributed by atoms with Crippen LogP contribution in [0.3, 0.4) is 0 Å². The van der Waals surface area contributed by atoms with Crippen LogP contribution in [0.1, 0.15) is 11.1 Å². The van der Waals surface area contributed by atoms with Crippen molar-refractivity contribution in [3.05, 3.63) is 83.7 Å². The van der Waals surface area contributed by atoms with Crippen molar-refractivity contribution in [1.82, 2.24) is 20.9 Å². The molecule has 2 aromatic rings. The van der Waals surface area contributed by atoms with Gasteiger partial charge in [-0.05, 0) is 5.88 Å². The average molecular weight is 423 g/mol. The second kappa shape index (κ2) is 11.8. The second-order valence-electron chi connectivity index (χ2n) is 5.56. The van der Waals surface area contributed by atoms with E-state index < -0.39 is 11.8 Å². The first-order valence-electron chi connectivity index (χ1n) is 8.00. The van der Waals surface area contributed by atoms with Crippen molar-refractivity contribution in [2.75, 3.05) is 14.1 Å². The minimum absolute atomic E-state index is 0. The predicted octanol–water partition coefficient (Wildman–Crippen LogP) is -1.66. The molecule has 6 nitrogen and oxygen atoms in total. The van der Waals surface area contributed by atoms with Gasteiger partial charge in [0.05, 0.1) is 0 Å². The fraction of sp³-hybridized carbons (Fsp3) is 0.105. The number of carbonyl (C=O) groups excluding carboxylic acids is 1. The van der Waals surface area contributed by atoms with Crippen LogP contribution in [-0.4, -0.2) is 40.0 Å². The quantitative estimate of drug-likeness (QED) is 0.197. The summed E-state index contributed by atoms with van der Waals surface area (Å²) in [6, 6.07) is 18.5. The summed E-state index contributed by atoms with van der Waals surface area (Å²) in [7, 11) is 3.21. The number of carbonyl (C=O) groups is 1. The number of hydrogen-bond acceptors (Lipinski definition) is 5. The van der Waals surface area contributed by atoms with Crippen LogP contribution in [0.5, 0.6) is 0 Å². The molecule has 0 atom stereocenters. The van der Waals surface area contributed by atoms with E-state index in [0.29, 0.717) is 9.98 Å². The molecule has 0 aromatic heterocycles. The molecule has 0 saturated heterocycles. The van der Waals surface area contributed by atoms with Gasteiger partial charge in [-0.3, -0.25) is 20.2 Å². The zero-order chi connectivity index (χ0) is 19.8. The van der Waals surface area contributed by atoms with Crippen molar-refractivity contribution in [1.29, 1.82) is 0 Å². The maximum Gasteiger partial charge on any atom is 1.00 e. The van der Waals surface area contributed by atoms with Crippen LogP contribution >= 0.6 is 24.4 Å². The monoisotopic (exact) mass is 422 g/mol. The van der Waals surface area contributed by atoms with Crippen molar-refractivity contribution in [2.45, 2.75) is 0 Å². The van der Waals surface area contributed by atoms with E-state index in [1.54, 1.807) is 14.1 Å². The van der Waals surface area contributed by atoms with E-state index in [2.05, 4.69) is 10.9 Å². The molecule has 0 spiro atoms. The van der Waals surface area contributed by atoms with Gasteiger partial charge in [-0.15, -0.1) is 0 Å². The molecule has 140 valence electrons. The summed E-state index contributed by atoms with van der Waals surface area (Å²) in [4.78, 5) is 12.9. The number of nitrogens with one attached hydrogen (secondary N) is 2. The molecule has 0 saturated carbocycles. The maximum absolute atomic E-state index is 12.0. The Morgan fingerprint density at radius 2 is 1.25 bits per heavy atom. The third kappa shape index (κ3) is 7.21. The summed E-state index contributed by atoms with van der Waals surface area (Å²) < 4.78 is 0. The van der Waals surface area contributed by atoms with Gasteiger partial charge in [-0.2, -0.15) is 0 Å². The minimum Gasteiger partial charge on any atom is -0.859 e. The molecule has 2 N–H and O–H groups in total. The zero-order valence-corrected chi connectivity index (χ0v) is 19.5. The maximum atomic E-state index is 12.0. The van der Waals surface area contributed by atoms with Crippen LogP contribution in [-0.2, 0) is 4.79 Å². The summed E-state index contributed by atoms with van der Waals surface area (Å²) >= 11 is 10.6. The van der Waals surface area contributed by atoms with Gasteiger partial charge in [0.15, 0.2) is 0 Å². The Labute approximate surface area is 197 Å². The zero-order valence-electron chi connectivity index (χ0n) is 15.9. The molecule has 0 bridgehead atoms. The van der Waals surface area contributed by atoms with E-state index in [9.17, 15) is 9.90 Å². The third-order valence-electron chi connectivity index (χ3n) is 3.47. The first-order valence-corrected chi connectivity index (χ1v) is 8.82. The SMILES string of the molecule is CN(NC(=O)/C=C(\[O-])NN(C)C(=S)c1ccccc1)C(=S)c1ccccc1.[Na+]. The van der Waals surface area contributed by atoms with Gasteiger partial charge < -0.3 is 10.5 Å². The Balaban J connectivity index is 0.00000392. The Hall–Kier alpha value is -1.97. The predicted molar refractivity (Wildman–Crippen MR) is 111 cm³/mol. The molecular formula is C19H19N4NaO2S2. The van der Waals surface area contributed by atoms with E-state index in [0.717, 1.165) is 17.2 Å². The molecule has 2 aromatic carbocycles. The number of nitrogens with zero attached hydrogens (tertiary/aromatic N) is 2. The molecule has 0 fully saturated rings. The molecule has 0 aliphatic rings. The molecule has 2 rings (SSSR count). The van der Waals surface area contributed by atoms with Crippen LogP contribution in [0.4, 0.5) is 0 Å². The molecule has 9 heteroatoms. The number of benzene rings is 2. The minimum atomic E-state index is -0.604. The second-order valence-corrected chi connectivity index (χ2v) is 6.33. The van der Waals surface area contributed by atoms with Crippen LogP contribution < -0.4 is 45.5 Å². The summed E-state index contributed by atoms with van der Waals surface area (Å²) in [6.07, 6.45) is 0.897. The van der Waals surface area contributed by atoms with Gasteiger partial charge >= 0.3 is 29.6 Å². The molecule has 1 amide bonds. The Bertz CT molecular complexity index is 848. The summed E-state index contributed by atoms with van der Waals surface area (Å²) in [5.74, 6) is -1.21. The van der Waals surface area contributed by atoms with Gasteiger partial charge in [0.2, 0.25) is 0 Å². The van der Waals surface area contributed by atoms with E-state index in [4.69, 9.17) is 24.4 Å². The number of rotatable bonds is 5. The van der Waals surface area contributed by atoms with Gasteiger partial charge in [-0.25, -0.2) is 0 Å². The standard InChI is InChI=1S/C19H20N4O2S2.Na/c1-22(18(26)14-9-5-3-6-10-14)20-16(24)13-17(25)21-23(2)19(27)15-11-7-4-8-12-15;/h3-13,20,24H,1-2H3,(H,21,25);/q;+1/p-1/b16-13-;. The van der Waals surface area contributed by atoms with Crippen LogP contribution in [0, 0.1) is 0 Å². The van der Waals surface area contributed by atoms with Gasteiger partial charge in [0.1, 0.15) is 9.98 Å². The Kier molecular flexibility index (Phi) is 10.1. The van der Waals surface area contributed by atoms with E-state index in [1.807, 2.05) is 60.7 Å². The van der Waals surface area contributed by atoms with E-state index in [-0.39, 0.29) is 29.6 Å². The van der Waals surface area contributed by atoms with Crippen LogP contribution in [0.25, 0.3) is 0 Å². The number of hydrazine groups is 2. The van der Waals surface area contributed by atoms with Crippen molar-refractivity contribution in [3.63, 3.8) is 0 Å². The first-order chi connectivity index (χ1) is 12.9. The normalized spacial score (nSPS) is 10.3. The van der Waals surface area contributed by atoms with Gasteiger partial charge in [0, 0.05) is 31.3 Å². The van der Waals surface area contributed by atoms with Crippen LogP contribution in [0.2, 0.25) is 0 Å². The van der Waals surface area contributed by atoms with Gasteiger partial charge in [0.25, 0.3) is 5.91 Å². The number of amides is 1. The fourth-order valence-corrected chi connectivity index (χ4v) is 2.53. The molecule has 28 heavy (non-hydrogen) atoms. The number of thiocarbonyl (C=S) groups is 2. The van der Waals surface area contributed by atoms with E-state index >= 15 is 0 Å². The van der Waals surface area contributed by atoms with Crippen molar-refractivity contribution >= 4 is 40.3 Å². The van der Waals surface area contributed by atoms with Crippen molar-refractivity contribution in [2.24, 2.45) is 0 Å². The fourth-order valence-electron chi connectivity index (χ4n) is 2.16. The third-order valence-corrected chi connectivity index (χ3v) is 4.49. The summed E-state index contributed by atoms with van der Waals surface area (Å²) in [5, 5.41) is 14.8. The van der Waals surface area contributed by atoms with Crippen molar-refractivity contribution < 1.29 is 39.5 Å². The smallest absolute Gasteiger partial charge is 0.859 e. The largest absolute Gasteiger partial charge is 1.00 e. The van der Waals surface area contributed by atoms with Crippen molar-refractivity contribution in [3.8, 4) is 0 Å². The molecule has 0 unspecified atom stereocenters. The average Bonchev–Trinajstić information content (AvgIpc) is 2.67. The van der Waals surface area contributed by atoms with E-state index in [1.165, 1.54) is 10.0 Å². The van der Waals surface area contributed by atoms with Crippen LogP contribution in [0.15, 0.2) is 72.6 Å². The Morgan fingerprint density at radius 3 is 1.68 bits per heavy atom. The molecule has 0 heterocycles. The molecule has 0 aliphatic heterocycles. The summed E-state index contributed by atoms with van der Waals surface area (Å²) in [5.41, 5.74) is 6.63. The molecule has 0 radical (unpaired) electrons. The van der Waals surface area contributed by atoms with Gasteiger partial charge in [-0.1, -0.05) is 85.1 Å². The first kappa shape index (κ1) is 24.1. The molecular weight excluding hydrogens is 403 g/mol. The summed E-state index contributed by atoms with van der Waals surface area (Å²) in [6.45, 7) is 0. The Morgan fingerprint density at radius 1 is 0.857 bits per heavy atom.